The number of ether oxygens (including phenoxy) is 1. The van der Waals surface area contributed by atoms with Crippen molar-refractivity contribution in [2.75, 3.05) is 6.61 Å². The zero-order chi connectivity index (χ0) is 10.1. The Labute approximate surface area is 78.1 Å². The second-order valence-electron chi connectivity index (χ2n) is 3.08. The Morgan fingerprint density at radius 2 is 2.36 bits per heavy atom. The van der Waals surface area contributed by atoms with E-state index in [9.17, 15) is 14.0 Å². The first-order chi connectivity index (χ1) is 6.68. The highest BCUT2D eigenvalue weighted by molar-refractivity contribution is 4.87. The van der Waals surface area contributed by atoms with E-state index in [-0.39, 0.29) is 13.0 Å². The minimum absolute atomic E-state index is 0.274. The fraction of sp³-hybridized carbons (Fsp3) is 0.500. The molecule has 76 valence electrons. The van der Waals surface area contributed by atoms with Gasteiger partial charge in [-0.15, -0.1) is 0 Å². The maximum absolute atomic E-state index is 13.2. The number of nitrogens with one attached hydrogen (secondary N) is 1. The molecule has 0 unspecified atom stereocenters. The molecule has 2 atom stereocenters. The third kappa shape index (κ3) is 1.48. The second-order valence-corrected chi connectivity index (χ2v) is 3.08. The van der Waals surface area contributed by atoms with Crippen molar-refractivity contribution in [1.29, 1.82) is 0 Å². The van der Waals surface area contributed by atoms with Gasteiger partial charge in [-0.05, 0) is 0 Å². The lowest BCUT2D eigenvalue weighted by atomic mass is 10.3. The summed E-state index contributed by atoms with van der Waals surface area (Å²) in [6, 6.07) is 1.16. The number of halogens is 1. The van der Waals surface area contributed by atoms with Crippen molar-refractivity contribution in [3.05, 3.63) is 33.1 Å². The van der Waals surface area contributed by atoms with Crippen LogP contribution in [0.4, 0.5) is 4.39 Å². The summed E-state index contributed by atoms with van der Waals surface area (Å²) < 4.78 is 19.3. The largest absolute Gasteiger partial charge is 0.355 e. The number of hydrogen-bond acceptors (Lipinski definition) is 3. The Morgan fingerprint density at radius 1 is 1.57 bits per heavy atom. The highest BCUT2D eigenvalue weighted by Gasteiger charge is 2.30. The first-order valence-electron chi connectivity index (χ1n) is 4.25. The molecule has 2 rings (SSSR count). The highest BCUT2D eigenvalue weighted by Crippen LogP contribution is 2.24. The Bertz CT molecular complexity index is 439. The van der Waals surface area contributed by atoms with Crippen molar-refractivity contribution in [3.63, 3.8) is 0 Å². The minimum Gasteiger partial charge on any atom is -0.355 e. The topological polar surface area (TPSA) is 64.1 Å². The van der Waals surface area contributed by atoms with Crippen LogP contribution < -0.4 is 11.2 Å². The monoisotopic (exact) mass is 200 g/mol. The Hall–Kier alpha value is -1.43. The molecule has 0 saturated carbocycles. The first kappa shape index (κ1) is 9.14. The van der Waals surface area contributed by atoms with E-state index in [4.69, 9.17) is 4.74 Å². The number of aromatic nitrogens is 2. The normalized spacial score (nSPS) is 26.6. The first-order valence-corrected chi connectivity index (χ1v) is 4.25. The van der Waals surface area contributed by atoms with Crippen molar-refractivity contribution in [2.24, 2.45) is 0 Å². The molecule has 1 aliphatic heterocycles. The molecule has 0 bridgehead atoms. The molecule has 0 amide bonds. The van der Waals surface area contributed by atoms with Gasteiger partial charge in [0.2, 0.25) is 0 Å². The fourth-order valence-electron chi connectivity index (χ4n) is 1.43. The average Bonchev–Trinajstić information content (AvgIpc) is 2.52. The summed E-state index contributed by atoms with van der Waals surface area (Å²) in [4.78, 5) is 24.0. The number of aromatic amines is 1. The zero-order valence-corrected chi connectivity index (χ0v) is 7.27. The van der Waals surface area contributed by atoms with Gasteiger partial charge in [0.1, 0.15) is 6.17 Å². The maximum atomic E-state index is 13.2. The van der Waals surface area contributed by atoms with Gasteiger partial charge in [-0.25, -0.2) is 9.18 Å². The van der Waals surface area contributed by atoms with Gasteiger partial charge >= 0.3 is 5.69 Å². The average molecular weight is 200 g/mol. The van der Waals surface area contributed by atoms with E-state index in [0.717, 1.165) is 10.6 Å². The van der Waals surface area contributed by atoms with Crippen LogP contribution in [0.25, 0.3) is 0 Å². The third-order valence-corrected chi connectivity index (χ3v) is 2.12. The molecule has 0 radical (unpaired) electrons. The van der Waals surface area contributed by atoms with Crippen molar-refractivity contribution in [3.8, 4) is 0 Å². The standard InChI is InChI=1S/C8H9FN2O3/c9-5-2-4-14-7(5)11-3-1-6(12)10-8(11)13/h1,3,5,7H,2,4H2,(H,10,12,13)/t5-,7-/m1/s1. The van der Waals surface area contributed by atoms with Crippen LogP contribution in [0.3, 0.4) is 0 Å². The minimum atomic E-state index is -1.20. The smallest absolute Gasteiger partial charge is 0.330 e. The van der Waals surface area contributed by atoms with Gasteiger partial charge in [0.15, 0.2) is 6.23 Å². The van der Waals surface area contributed by atoms with E-state index in [1.165, 1.54) is 6.20 Å². The number of alkyl halides is 1. The van der Waals surface area contributed by atoms with E-state index in [1.54, 1.807) is 0 Å². The molecule has 1 fully saturated rings. The van der Waals surface area contributed by atoms with Crippen LogP contribution in [0.1, 0.15) is 12.6 Å². The molecule has 2 heterocycles. The summed E-state index contributed by atoms with van der Waals surface area (Å²) in [5, 5.41) is 0. The summed E-state index contributed by atoms with van der Waals surface area (Å²) in [6.45, 7) is 0.289. The lowest BCUT2D eigenvalue weighted by Crippen LogP contribution is -2.33. The number of H-pyrrole nitrogens is 1. The molecule has 0 spiro atoms. The lowest BCUT2D eigenvalue weighted by Gasteiger charge is -2.14. The molecule has 1 N–H and O–H groups in total. The SMILES string of the molecule is O=c1ccn([C@@H]2OCC[C@H]2F)c(=O)[nH]1. The van der Waals surface area contributed by atoms with E-state index in [2.05, 4.69) is 0 Å². The van der Waals surface area contributed by atoms with Crippen LogP contribution in [0, 0.1) is 0 Å². The van der Waals surface area contributed by atoms with Gasteiger partial charge in [-0.1, -0.05) is 0 Å². The Balaban J connectivity index is 2.41. The fourth-order valence-corrected chi connectivity index (χ4v) is 1.43. The molecule has 1 aromatic heterocycles. The molecule has 1 aliphatic rings. The predicted octanol–water partition coefficient (Wildman–Crippen LogP) is -0.206. The number of nitrogens with zero attached hydrogens (tertiary/aromatic N) is 1. The Kier molecular flexibility index (Phi) is 2.20. The van der Waals surface area contributed by atoms with Crippen LogP contribution in [0.15, 0.2) is 21.9 Å². The zero-order valence-electron chi connectivity index (χ0n) is 7.27. The molecular formula is C8H9FN2O3. The summed E-state index contributed by atoms with van der Waals surface area (Å²) >= 11 is 0. The van der Waals surface area contributed by atoms with Crippen molar-refractivity contribution in [1.82, 2.24) is 9.55 Å². The maximum Gasteiger partial charge on any atom is 0.330 e. The highest BCUT2D eigenvalue weighted by atomic mass is 19.1. The van der Waals surface area contributed by atoms with Crippen molar-refractivity contribution in [2.45, 2.75) is 18.8 Å². The van der Waals surface area contributed by atoms with Gasteiger partial charge in [0.05, 0.1) is 6.61 Å². The van der Waals surface area contributed by atoms with Crippen LogP contribution >= 0.6 is 0 Å². The van der Waals surface area contributed by atoms with Crippen LogP contribution in [0.5, 0.6) is 0 Å². The quantitative estimate of drug-likeness (QED) is 0.682. The summed E-state index contributed by atoms with van der Waals surface area (Å²) in [5.41, 5.74) is -1.15. The van der Waals surface area contributed by atoms with E-state index in [0.29, 0.717) is 0 Å². The predicted molar refractivity (Wildman–Crippen MR) is 45.8 cm³/mol. The summed E-state index contributed by atoms with van der Waals surface area (Å²) in [7, 11) is 0. The van der Waals surface area contributed by atoms with Gasteiger partial charge in [0.25, 0.3) is 5.56 Å². The van der Waals surface area contributed by atoms with Crippen LogP contribution in [0.2, 0.25) is 0 Å². The molecule has 1 aromatic rings. The lowest BCUT2D eigenvalue weighted by molar-refractivity contribution is 0.0178. The van der Waals surface area contributed by atoms with E-state index in [1.807, 2.05) is 4.98 Å². The molecule has 5 nitrogen and oxygen atoms in total. The van der Waals surface area contributed by atoms with Crippen LogP contribution in [-0.4, -0.2) is 22.3 Å². The third-order valence-electron chi connectivity index (χ3n) is 2.12. The molecule has 14 heavy (non-hydrogen) atoms. The molecule has 1 saturated heterocycles. The van der Waals surface area contributed by atoms with Gasteiger partial charge in [-0.2, -0.15) is 0 Å². The number of rotatable bonds is 1. The van der Waals surface area contributed by atoms with E-state index >= 15 is 0 Å². The van der Waals surface area contributed by atoms with Gasteiger partial charge < -0.3 is 4.74 Å². The summed E-state index contributed by atoms with van der Waals surface area (Å²) in [5.74, 6) is 0. The van der Waals surface area contributed by atoms with E-state index < -0.39 is 23.6 Å². The molecule has 0 aromatic carbocycles. The van der Waals surface area contributed by atoms with Crippen LogP contribution in [-0.2, 0) is 4.74 Å². The van der Waals surface area contributed by atoms with Gasteiger partial charge in [-0.3, -0.25) is 14.3 Å². The summed E-state index contributed by atoms with van der Waals surface area (Å²) in [6.07, 6.45) is -0.585. The molecule has 0 aliphatic carbocycles. The van der Waals surface area contributed by atoms with Gasteiger partial charge in [0, 0.05) is 18.7 Å². The second kappa shape index (κ2) is 3.38. The number of hydrogen-bond donors (Lipinski definition) is 1. The van der Waals surface area contributed by atoms with Crippen molar-refractivity contribution < 1.29 is 9.13 Å². The van der Waals surface area contributed by atoms with Crippen molar-refractivity contribution >= 4 is 0 Å². The molecule has 6 heteroatoms. The Morgan fingerprint density at radius 3 is 2.93 bits per heavy atom. The molecular weight excluding hydrogens is 191 g/mol.